The maximum atomic E-state index is 6.67. The highest BCUT2D eigenvalue weighted by Crippen LogP contribution is 2.60. The van der Waals surface area contributed by atoms with Crippen LogP contribution in [0.25, 0.3) is 87.6 Å². The summed E-state index contributed by atoms with van der Waals surface area (Å²) in [5.41, 5.74) is 12.9. The van der Waals surface area contributed by atoms with Gasteiger partial charge in [0.25, 0.3) is 0 Å². The molecule has 3 aliphatic carbocycles. The van der Waals surface area contributed by atoms with E-state index in [0.29, 0.717) is 11.8 Å². The molecular formula is C55H46O. The highest BCUT2D eigenvalue weighted by molar-refractivity contribution is 6.24. The van der Waals surface area contributed by atoms with Crippen LogP contribution in [0, 0.1) is 29.6 Å². The number of hydrogen-bond acceptors (Lipinski definition) is 1. The fourth-order valence-electron chi connectivity index (χ4n) is 12.5. The number of rotatable bonds is 4. The van der Waals surface area contributed by atoms with E-state index in [1.807, 2.05) is 0 Å². The van der Waals surface area contributed by atoms with Crippen molar-refractivity contribution in [3.8, 4) is 33.4 Å². The molecule has 6 unspecified atom stereocenters. The van der Waals surface area contributed by atoms with Crippen molar-refractivity contribution < 1.29 is 4.42 Å². The van der Waals surface area contributed by atoms with Gasteiger partial charge >= 0.3 is 0 Å². The molecule has 2 saturated carbocycles. The Bertz CT molecular complexity index is 2970. The summed E-state index contributed by atoms with van der Waals surface area (Å²) in [5, 5.41) is 10.1. The summed E-state index contributed by atoms with van der Waals surface area (Å²) in [6.07, 6.45) is 6.99. The van der Waals surface area contributed by atoms with Crippen LogP contribution in [-0.4, -0.2) is 0 Å². The molecule has 0 aliphatic heterocycles. The lowest BCUT2D eigenvalue weighted by molar-refractivity contribution is 0.0329. The van der Waals surface area contributed by atoms with Gasteiger partial charge in [0, 0.05) is 27.8 Å². The van der Waals surface area contributed by atoms with Gasteiger partial charge in [-0.15, -0.1) is 0 Å². The minimum atomic E-state index is 0.440. The molecule has 6 atom stereocenters. The molecule has 3 aliphatic rings. The lowest BCUT2D eigenvalue weighted by Gasteiger charge is -2.49. The lowest BCUT2D eigenvalue weighted by Crippen LogP contribution is -2.40. The summed E-state index contributed by atoms with van der Waals surface area (Å²) in [6.45, 7) is 5.02. The summed E-state index contributed by atoms with van der Waals surface area (Å²) in [7, 11) is 0. The molecule has 0 spiro atoms. The monoisotopic (exact) mass is 722 g/mol. The predicted octanol–water partition coefficient (Wildman–Crippen LogP) is 15.6. The smallest absolute Gasteiger partial charge is 0.143 e. The molecule has 0 radical (unpaired) electrons. The van der Waals surface area contributed by atoms with E-state index in [4.69, 9.17) is 4.42 Å². The summed E-state index contributed by atoms with van der Waals surface area (Å²) in [4.78, 5) is 0. The Morgan fingerprint density at radius 3 is 1.95 bits per heavy atom. The zero-order chi connectivity index (χ0) is 37.1. The van der Waals surface area contributed by atoms with Gasteiger partial charge in [-0.1, -0.05) is 154 Å². The summed E-state index contributed by atoms with van der Waals surface area (Å²) in [5.74, 6) is 4.44. The van der Waals surface area contributed by atoms with Gasteiger partial charge in [-0.3, -0.25) is 0 Å². The van der Waals surface area contributed by atoms with Crippen molar-refractivity contribution in [2.75, 3.05) is 0 Å². The maximum Gasteiger partial charge on any atom is 0.143 e. The molecule has 9 aromatic rings. The molecule has 272 valence electrons. The van der Waals surface area contributed by atoms with Crippen LogP contribution < -0.4 is 0 Å². The molecule has 8 aromatic carbocycles. The Hall–Kier alpha value is -5.66. The Morgan fingerprint density at radius 1 is 0.518 bits per heavy atom. The van der Waals surface area contributed by atoms with E-state index in [9.17, 15) is 0 Å². The van der Waals surface area contributed by atoms with Crippen LogP contribution in [0.2, 0.25) is 0 Å². The first-order valence-electron chi connectivity index (χ1n) is 21.1. The van der Waals surface area contributed by atoms with Crippen molar-refractivity contribution in [2.24, 2.45) is 29.6 Å². The molecule has 1 aromatic heterocycles. The number of benzene rings is 8. The molecule has 56 heavy (non-hydrogen) atoms. The molecule has 0 N–H and O–H groups in total. The third-order valence-corrected chi connectivity index (χ3v) is 14.7. The average molecular weight is 723 g/mol. The van der Waals surface area contributed by atoms with Crippen LogP contribution in [0.5, 0.6) is 0 Å². The first kappa shape index (κ1) is 32.6. The van der Waals surface area contributed by atoms with Crippen LogP contribution in [-0.2, 0) is 0 Å². The highest BCUT2D eigenvalue weighted by atomic mass is 16.3. The van der Waals surface area contributed by atoms with E-state index in [1.54, 1.807) is 11.1 Å². The van der Waals surface area contributed by atoms with E-state index in [-0.39, 0.29) is 0 Å². The number of para-hydroxylation sites is 2. The first-order valence-corrected chi connectivity index (χ1v) is 21.1. The Labute approximate surface area is 329 Å². The van der Waals surface area contributed by atoms with Crippen LogP contribution in [0.1, 0.15) is 63.0 Å². The van der Waals surface area contributed by atoms with Gasteiger partial charge < -0.3 is 4.42 Å². The van der Waals surface area contributed by atoms with E-state index in [0.717, 1.165) is 51.2 Å². The first-order chi connectivity index (χ1) is 27.6. The maximum absolute atomic E-state index is 6.67. The molecule has 0 saturated heterocycles. The molecule has 1 nitrogen and oxygen atoms in total. The zero-order valence-electron chi connectivity index (χ0n) is 32.3. The van der Waals surface area contributed by atoms with Crippen molar-refractivity contribution >= 4 is 54.3 Å². The Morgan fingerprint density at radius 2 is 1.18 bits per heavy atom. The second-order valence-electron chi connectivity index (χ2n) is 17.6. The van der Waals surface area contributed by atoms with Gasteiger partial charge in [-0.25, -0.2) is 0 Å². The summed E-state index contributed by atoms with van der Waals surface area (Å²) < 4.78 is 6.67. The van der Waals surface area contributed by atoms with Crippen LogP contribution >= 0.6 is 0 Å². The number of hydrogen-bond donors (Lipinski definition) is 0. The lowest BCUT2D eigenvalue weighted by atomic mass is 9.55. The van der Waals surface area contributed by atoms with Crippen molar-refractivity contribution in [3.05, 3.63) is 157 Å². The van der Waals surface area contributed by atoms with Gasteiger partial charge in [-0.2, -0.15) is 0 Å². The summed E-state index contributed by atoms with van der Waals surface area (Å²) >= 11 is 0. The van der Waals surface area contributed by atoms with Crippen LogP contribution in [0.4, 0.5) is 0 Å². The summed E-state index contributed by atoms with van der Waals surface area (Å²) in [6, 6.07) is 54.8. The number of furan rings is 1. The molecule has 2 bridgehead atoms. The van der Waals surface area contributed by atoms with E-state index in [2.05, 4.69) is 159 Å². The van der Waals surface area contributed by atoms with Crippen molar-refractivity contribution in [2.45, 2.75) is 51.9 Å². The van der Waals surface area contributed by atoms with Gasteiger partial charge in [0.2, 0.25) is 0 Å². The van der Waals surface area contributed by atoms with E-state index in [1.165, 1.54) is 92.2 Å². The van der Waals surface area contributed by atoms with Gasteiger partial charge in [0.15, 0.2) is 0 Å². The quantitative estimate of drug-likeness (QED) is 0.165. The number of fused-ring (bicyclic) bond motifs is 12. The second-order valence-corrected chi connectivity index (χ2v) is 17.6. The third-order valence-electron chi connectivity index (χ3n) is 14.7. The molecule has 1 heteroatoms. The molecule has 1 heterocycles. The topological polar surface area (TPSA) is 13.1 Å². The largest absolute Gasteiger partial charge is 0.455 e. The van der Waals surface area contributed by atoms with Gasteiger partial charge in [-0.05, 0) is 133 Å². The Balaban J connectivity index is 1.10. The van der Waals surface area contributed by atoms with Gasteiger partial charge in [0.05, 0.1) is 0 Å². The van der Waals surface area contributed by atoms with E-state index < -0.39 is 0 Å². The highest BCUT2D eigenvalue weighted by Gasteiger charge is 2.47. The van der Waals surface area contributed by atoms with E-state index >= 15 is 0 Å². The predicted molar refractivity (Wildman–Crippen MR) is 236 cm³/mol. The molecular weight excluding hydrogens is 677 g/mol. The van der Waals surface area contributed by atoms with Gasteiger partial charge in [0.1, 0.15) is 11.2 Å². The minimum absolute atomic E-state index is 0.440. The van der Waals surface area contributed by atoms with Crippen molar-refractivity contribution in [3.63, 3.8) is 0 Å². The molecule has 12 rings (SSSR count). The van der Waals surface area contributed by atoms with Crippen molar-refractivity contribution in [1.82, 2.24) is 0 Å². The Kier molecular flexibility index (Phi) is 7.22. The van der Waals surface area contributed by atoms with Crippen LogP contribution in [0.3, 0.4) is 0 Å². The normalized spacial score (nSPS) is 23.0. The fourth-order valence-corrected chi connectivity index (χ4v) is 12.5. The molecule has 0 amide bonds. The standard InChI is InChI=1S/C55H46O/c1-3-33-28-34-27-32(2)50(37(29-33)30-34)54-44-25-24-36(31-48(44)52-38-14-5-4-13-35(38)23-26-46(52)54)51-40-16-6-8-18-42(40)53(43-19-9-7-17-41(43)51)47-21-12-20-45-39-15-10-11-22-49(39)56-55(45)47/h4-26,31-34,37,50,54H,3,27-30H2,1-2H3. The van der Waals surface area contributed by atoms with Crippen LogP contribution in [0.15, 0.2) is 150 Å². The zero-order valence-corrected chi connectivity index (χ0v) is 32.3. The minimum Gasteiger partial charge on any atom is -0.455 e. The third kappa shape index (κ3) is 4.67. The second kappa shape index (κ2) is 12.4. The fraction of sp³-hybridized carbons (Fsp3) is 0.236. The SMILES string of the molecule is CCC1CC2CC(C)C(C3c4ccc(-c5c6ccccc6c(-c6cccc7c6oc6ccccc67)c6ccccc56)cc4-c4c3ccc3ccccc43)C(C1)C2. The van der Waals surface area contributed by atoms with Crippen molar-refractivity contribution in [1.29, 1.82) is 0 Å². The molecule has 2 fully saturated rings. The average Bonchev–Trinajstić information content (AvgIpc) is 3.78.